The van der Waals surface area contributed by atoms with Crippen molar-refractivity contribution in [3.8, 4) is 5.75 Å². The minimum atomic E-state index is 0.490. The predicted molar refractivity (Wildman–Crippen MR) is 67.1 cm³/mol. The Hall–Kier alpha value is -1.81. The number of benzene rings is 1. The molecular formula is C14H16N2O2. The second kappa shape index (κ2) is 5.23. The van der Waals surface area contributed by atoms with Gasteiger partial charge in [-0.05, 0) is 18.9 Å². The van der Waals surface area contributed by atoms with E-state index in [1.807, 2.05) is 18.2 Å². The number of nitrogens with zero attached hydrogens (tertiary/aromatic N) is 1. The summed E-state index contributed by atoms with van der Waals surface area (Å²) < 4.78 is 10.6. The van der Waals surface area contributed by atoms with Crippen LogP contribution >= 0.6 is 0 Å². The standard InChI is InChI=1S/C14H16N2O2/c1-2-4-14(17-9-11-7-16-18-10-11)12(3-1)8-15-13-5-6-13/h1-4,7,10,13,15H,5-6,8-9H2. The van der Waals surface area contributed by atoms with Gasteiger partial charge in [0.1, 0.15) is 18.6 Å². The number of para-hydroxylation sites is 1. The first kappa shape index (κ1) is 11.3. The van der Waals surface area contributed by atoms with E-state index in [9.17, 15) is 0 Å². The normalized spacial score (nSPS) is 14.7. The van der Waals surface area contributed by atoms with Crippen LogP contribution in [0.4, 0.5) is 0 Å². The summed E-state index contributed by atoms with van der Waals surface area (Å²) in [5, 5.41) is 7.15. The van der Waals surface area contributed by atoms with Gasteiger partial charge in [-0.1, -0.05) is 23.4 Å². The Kier molecular flexibility index (Phi) is 3.28. The molecule has 18 heavy (non-hydrogen) atoms. The molecule has 0 amide bonds. The van der Waals surface area contributed by atoms with Gasteiger partial charge in [-0.25, -0.2) is 0 Å². The van der Waals surface area contributed by atoms with Gasteiger partial charge < -0.3 is 14.6 Å². The van der Waals surface area contributed by atoms with Crippen molar-refractivity contribution in [1.29, 1.82) is 0 Å². The molecule has 4 nitrogen and oxygen atoms in total. The van der Waals surface area contributed by atoms with Gasteiger partial charge in [-0.3, -0.25) is 0 Å². The van der Waals surface area contributed by atoms with Crippen molar-refractivity contribution in [2.24, 2.45) is 0 Å². The lowest BCUT2D eigenvalue weighted by Crippen LogP contribution is -2.16. The van der Waals surface area contributed by atoms with Gasteiger partial charge in [0.2, 0.25) is 0 Å². The van der Waals surface area contributed by atoms with Gasteiger partial charge in [-0.15, -0.1) is 0 Å². The molecule has 0 atom stereocenters. The molecule has 3 rings (SSSR count). The van der Waals surface area contributed by atoms with E-state index in [0.717, 1.165) is 17.9 Å². The van der Waals surface area contributed by atoms with Gasteiger partial charge in [-0.2, -0.15) is 0 Å². The molecule has 1 aliphatic carbocycles. The highest BCUT2D eigenvalue weighted by molar-refractivity contribution is 5.33. The van der Waals surface area contributed by atoms with E-state index in [4.69, 9.17) is 9.26 Å². The molecule has 94 valence electrons. The van der Waals surface area contributed by atoms with Crippen LogP contribution in [0.25, 0.3) is 0 Å². The summed E-state index contributed by atoms with van der Waals surface area (Å²) in [5.74, 6) is 0.923. The third-order valence-corrected chi connectivity index (χ3v) is 3.01. The topological polar surface area (TPSA) is 47.3 Å². The number of hydrogen-bond donors (Lipinski definition) is 1. The van der Waals surface area contributed by atoms with Crippen LogP contribution in [-0.4, -0.2) is 11.2 Å². The van der Waals surface area contributed by atoms with Crippen LogP contribution in [-0.2, 0) is 13.2 Å². The van der Waals surface area contributed by atoms with Crippen molar-refractivity contribution in [3.63, 3.8) is 0 Å². The van der Waals surface area contributed by atoms with Crippen LogP contribution in [0.5, 0.6) is 5.75 Å². The summed E-state index contributed by atoms with van der Waals surface area (Å²) in [6, 6.07) is 8.83. The molecule has 1 heterocycles. The van der Waals surface area contributed by atoms with E-state index in [1.54, 1.807) is 12.5 Å². The maximum Gasteiger partial charge on any atom is 0.130 e. The lowest BCUT2D eigenvalue weighted by atomic mass is 10.2. The Morgan fingerprint density at radius 1 is 1.33 bits per heavy atom. The summed E-state index contributed by atoms with van der Waals surface area (Å²) in [5.41, 5.74) is 2.14. The molecule has 0 spiro atoms. The maximum absolute atomic E-state index is 5.79. The van der Waals surface area contributed by atoms with E-state index in [-0.39, 0.29) is 0 Å². The zero-order chi connectivity index (χ0) is 12.2. The molecule has 0 radical (unpaired) electrons. The first-order valence-corrected chi connectivity index (χ1v) is 6.24. The van der Waals surface area contributed by atoms with Crippen LogP contribution in [0, 0.1) is 0 Å². The molecule has 2 aromatic rings. The first-order valence-electron chi connectivity index (χ1n) is 6.24. The fourth-order valence-corrected chi connectivity index (χ4v) is 1.79. The fraction of sp³-hybridized carbons (Fsp3) is 0.357. The molecule has 0 bridgehead atoms. The van der Waals surface area contributed by atoms with Crippen molar-refractivity contribution < 1.29 is 9.26 Å². The van der Waals surface area contributed by atoms with Crippen molar-refractivity contribution >= 4 is 0 Å². The van der Waals surface area contributed by atoms with E-state index in [1.165, 1.54) is 18.4 Å². The van der Waals surface area contributed by atoms with Gasteiger partial charge in [0.25, 0.3) is 0 Å². The molecule has 1 aromatic heterocycles. The largest absolute Gasteiger partial charge is 0.488 e. The monoisotopic (exact) mass is 244 g/mol. The highest BCUT2D eigenvalue weighted by atomic mass is 16.5. The lowest BCUT2D eigenvalue weighted by molar-refractivity contribution is 0.300. The van der Waals surface area contributed by atoms with Crippen LogP contribution in [0.3, 0.4) is 0 Å². The quantitative estimate of drug-likeness (QED) is 0.848. The van der Waals surface area contributed by atoms with Crippen molar-refractivity contribution in [2.45, 2.75) is 32.0 Å². The zero-order valence-corrected chi connectivity index (χ0v) is 10.1. The number of ether oxygens (including phenoxy) is 1. The van der Waals surface area contributed by atoms with Crippen LogP contribution in [0.15, 0.2) is 41.2 Å². The van der Waals surface area contributed by atoms with Gasteiger partial charge in [0.15, 0.2) is 0 Å². The first-order chi connectivity index (χ1) is 8.92. The Balaban J connectivity index is 1.62. The summed E-state index contributed by atoms with van der Waals surface area (Å²) in [4.78, 5) is 0. The Labute approximate surface area is 106 Å². The molecule has 1 aliphatic rings. The van der Waals surface area contributed by atoms with Crippen LogP contribution < -0.4 is 10.1 Å². The number of rotatable bonds is 6. The number of nitrogens with one attached hydrogen (secondary N) is 1. The van der Waals surface area contributed by atoms with Crippen LogP contribution in [0.1, 0.15) is 24.0 Å². The number of aromatic nitrogens is 1. The number of hydrogen-bond acceptors (Lipinski definition) is 4. The van der Waals surface area contributed by atoms with Gasteiger partial charge >= 0.3 is 0 Å². The average molecular weight is 244 g/mol. The SMILES string of the molecule is c1ccc(OCc2cnoc2)c(CNC2CC2)c1. The molecular weight excluding hydrogens is 228 g/mol. The Morgan fingerprint density at radius 2 is 2.22 bits per heavy atom. The lowest BCUT2D eigenvalue weighted by Gasteiger charge is -2.11. The Bertz CT molecular complexity index is 492. The Morgan fingerprint density at radius 3 is 3.00 bits per heavy atom. The molecule has 0 saturated heterocycles. The second-order valence-electron chi connectivity index (χ2n) is 4.58. The summed E-state index contributed by atoms with van der Waals surface area (Å²) >= 11 is 0. The minimum absolute atomic E-state index is 0.490. The van der Waals surface area contributed by atoms with Gasteiger partial charge in [0, 0.05) is 23.7 Å². The summed E-state index contributed by atoms with van der Waals surface area (Å²) in [6.45, 7) is 1.36. The van der Waals surface area contributed by atoms with Crippen molar-refractivity contribution in [3.05, 3.63) is 47.9 Å². The third-order valence-electron chi connectivity index (χ3n) is 3.01. The van der Waals surface area contributed by atoms with E-state index >= 15 is 0 Å². The highest BCUT2D eigenvalue weighted by Crippen LogP contribution is 2.23. The van der Waals surface area contributed by atoms with E-state index in [2.05, 4.69) is 16.5 Å². The molecule has 0 aliphatic heterocycles. The zero-order valence-electron chi connectivity index (χ0n) is 10.1. The van der Waals surface area contributed by atoms with E-state index < -0.39 is 0 Å². The van der Waals surface area contributed by atoms with Crippen molar-refractivity contribution in [2.75, 3.05) is 0 Å². The summed E-state index contributed by atoms with van der Waals surface area (Å²) in [6.07, 6.45) is 5.86. The third kappa shape index (κ3) is 2.90. The molecule has 1 saturated carbocycles. The smallest absolute Gasteiger partial charge is 0.130 e. The minimum Gasteiger partial charge on any atom is -0.488 e. The molecule has 1 fully saturated rings. The average Bonchev–Trinajstić information content (AvgIpc) is 3.09. The fourth-order valence-electron chi connectivity index (χ4n) is 1.79. The van der Waals surface area contributed by atoms with Crippen LogP contribution in [0.2, 0.25) is 0 Å². The predicted octanol–water partition coefficient (Wildman–Crippen LogP) is 2.51. The van der Waals surface area contributed by atoms with Gasteiger partial charge in [0.05, 0.1) is 6.20 Å². The molecule has 4 heteroatoms. The maximum atomic E-state index is 5.79. The summed E-state index contributed by atoms with van der Waals surface area (Å²) in [7, 11) is 0. The molecule has 0 unspecified atom stereocenters. The molecule has 1 aromatic carbocycles. The van der Waals surface area contributed by atoms with E-state index in [0.29, 0.717) is 12.6 Å². The molecule has 1 N–H and O–H groups in total. The second-order valence-corrected chi connectivity index (χ2v) is 4.58. The highest BCUT2D eigenvalue weighted by Gasteiger charge is 2.20. The van der Waals surface area contributed by atoms with Crippen molar-refractivity contribution in [1.82, 2.24) is 10.5 Å².